The van der Waals surface area contributed by atoms with Gasteiger partial charge in [0, 0.05) is 24.2 Å². The highest BCUT2D eigenvalue weighted by molar-refractivity contribution is 6.06. The number of amides is 1. The van der Waals surface area contributed by atoms with Crippen LogP contribution in [-0.4, -0.2) is 35.2 Å². The molecule has 2 aromatic heterocycles. The first kappa shape index (κ1) is 15.6. The summed E-state index contributed by atoms with van der Waals surface area (Å²) < 4.78 is 5.46. The first-order valence-corrected chi connectivity index (χ1v) is 8.95. The SMILES string of the molecule is CC(C)c1noc2nc(C3CC3)cc(C(=O)NC3CCCNC3)c12. The number of carbonyl (C=O) groups excluding carboxylic acids is 1. The van der Waals surface area contributed by atoms with Crippen LogP contribution in [0.3, 0.4) is 0 Å². The standard InChI is InChI=1S/C18H24N4O2/c1-10(2)16-15-13(17(23)20-12-4-3-7-19-9-12)8-14(11-5-6-11)21-18(15)24-22-16/h8,10-12,19H,3-7,9H2,1-2H3,(H,20,23). The van der Waals surface area contributed by atoms with Gasteiger partial charge < -0.3 is 15.2 Å². The van der Waals surface area contributed by atoms with Crippen LogP contribution in [0.15, 0.2) is 10.6 Å². The number of piperidine rings is 1. The molecule has 4 rings (SSSR count). The second-order valence-electron chi connectivity index (χ2n) is 7.29. The van der Waals surface area contributed by atoms with E-state index in [1.165, 1.54) is 0 Å². The Balaban J connectivity index is 1.73. The zero-order chi connectivity index (χ0) is 16.7. The molecule has 0 radical (unpaired) electrons. The van der Waals surface area contributed by atoms with Crippen LogP contribution in [0.1, 0.15) is 73.1 Å². The fraction of sp³-hybridized carbons (Fsp3) is 0.611. The minimum Gasteiger partial charge on any atom is -0.348 e. The molecule has 1 amide bonds. The smallest absolute Gasteiger partial charge is 0.259 e. The largest absolute Gasteiger partial charge is 0.348 e. The predicted octanol–water partition coefficient (Wildman–Crippen LogP) is 2.71. The molecule has 6 heteroatoms. The van der Waals surface area contributed by atoms with Gasteiger partial charge in [0.2, 0.25) is 0 Å². The van der Waals surface area contributed by atoms with Gasteiger partial charge in [-0.3, -0.25) is 4.79 Å². The van der Waals surface area contributed by atoms with Crippen LogP contribution in [0.25, 0.3) is 11.1 Å². The average Bonchev–Trinajstić information content (AvgIpc) is 3.33. The maximum atomic E-state index is 13.0. The van der Waals surface area contributed by atoms with Gasteiger partial charge in [0.1, 0.15) is 0 Å². The third kappa shape index (κ3) is 2.90. The molecule has 128 valence electrons. The summed E-state index contributed by atoms with van der Waals surface area (Å²) in [5.41, 5.74) is 2.93. The molecule has 24 heavy (non-hydrogen) atoms. The molecule has 2 N–H and O–H groups in total. The summed E-state index contributed by atoms with van der Waals surface area (Å²) in [5.74, 6) is 0.607. The lowest BCUT2D eigenvalue weighted by Gasteiger charge is -2.24. The van der Waals surface area contributed by atoms with E-state index in [0.717, 1.165) is 55.5 Å². The van der Waals surface area contributed by atoms with Gasteiger partial charge in [0.05, 0.1) is 16.6 Å². The molecular weight excluding hydrogens is 304 g/mol. The molecule has 1 aliphatic carbocycles. The van der Waals surface area contributed by atoms with E-state index in [0.29, 0.717) is 17.2 Å². The molecule has 0 bridgehead atoms. The van der Waals surface area contributed by atoms with Crippen LogP contribution in [0, 0.1) is 0 Å². The van der Waals surface area contributed by atoms with Crippen molar-refractivity contribution in [1.29, 1.82) is 0 Å². The number of hydrogen-bond donors (Lipinski definition) is 2. The van der Waals surface area contributed by atoms with E-state index in [9.17, 15) is 4.79 Å². The van der Waals surface area contributed by atoms with E-state index >= 15 is 0 Å². The summed E-state index contributed by atoms with van der Waals surface area (Å²) in [6.45, 7) is 5.97. The molecule has 1 saturated carbocycles. The number of hydrogen-bond acceptors (Lipinski definition) is 5. The molecule has 2 aromatic rings. The topological polar surface area (TPSA) is 80.0 Å². The van der Waals surface area contributed by atoms with Crippen molar-refractivity contribution in [3.63, 3.8) is 0 Å². The molecule has 6 nitrogen and oxygen atoms in total. The van der Waals surface area contributed by atoms with Gasteiger partial charge >= 0.3 is 0 Å². The van der Waals surface area contributed by atoms with E-state index in [4.69, 9.17) is 4.52 Å². The third-order valence-corrected chi connectivity index (χ3v) is 4.91. The maximum absolute atomic E-state index is 13.0. The molecule has 1 atom stereocenters. The van der Waals surface area contributed by atoms with Crippen LogP contribution in [-0.2, 0) is 0 Å². The zero-order valence-corrected chi connectivity index (χ0v) is 14.3. The van der Waals surface area contributed by atoms with Gasteiger partial charge in [-0.1, -0.05) is 19.0 Å². The van der Waals surface area contributed by atoms with Gasteiger partial charge in [-0.05, 0) is 44.2 Å². The molecule has 2 fully saturated rings. The Hall–Kier alpha value is -1.95. The van der Waals surface area contributed by atoms with E-state index < -0.39 is 0 Å². The minimum absolute atomic E-state index is 0.0388. The van der Waals surface area contributed by atoms with E-state index in [2.05, 4.69) is 34.6 Å². The molecule has 0 aromatic carbocycles. The summed E-state index contributed by atoms with van der Waals surface area (Å²) in [7, 11) is 0. The van der Waals surface area contributed by atoms with E-state index in [1.807, 2.05) is 6.07 Å². The summed E-state index contributed by atoms with van der Waals surface area (Å²) >= 11 is 0. The highest BCUT2D eigenvalue weighted by atomic mass is 16.5. The summed E-state index contributed by atoms with van der Waals surface area (Å²) in [6.07, 6.45) is 4.38. The average molecular weight is 328 g/mol. The van der Waals surface area contributed by atoms with Crippen molar-refractivity contribution in [2.24, 2.45) is 0 Å². The minimum atomic E-state index is -0.0388. The Morgan fingerprint density at radius 1 is 1.38 bits per heavy atom. The number of nitrogens with zero attached hydrogens (tertiary/aromatic N) is 2. The first-order valence-electron chi connectivity index (χ1n) is 8.95. The summed E-state index contributed by atoms with van der Waals surface area (Å²) in [5, 5.41) is 11.5. The fourth-order valence-corrected chi connectivity index (χ4v) is 3.39. The molecule has 0 spiro atoms. The quantitative estimate of drug-likeness (QED) is 0.902. The number of carbonyl (C=O) groups is 1. The van der Waals surface area contributed by atoms with Crippen molar-refractivity contribution in [2.45, 2.75) is 57.4 Å². The van der Waals surface area contributed by atoms with Crippen LogP contribution >= 0.6 is 0 Å². The van der Waals surface area contributed by atoms with Crippen LogP contribution < -0.4 is 10.6 Å². The number of aromatic nitrogens is 2. The Morgan fingerprint density at radius 2 is 2.21 bits per heavy atom. The van der Waals surface area contributed by atoms with E-state index in [-0.39, 0.29) is 17.9 Å². The normalized spacial score (nSPS) is 21.4. The van der Waals surface area contributed by atoms with Gasteiger partial charge in [0.15, 0.2) is 0 Å². The van der Waals surface area contributed by atoms with Crippen molar-refractivity contribution in [3.05, 3.63) is 23.0 Å². The van der Waals surface area contributed by atoms with E-state index in [1.54, 1.807) is 0 Å². The molecular formula is C18H24N4O2. The molecule has 1 unspecified atom stereocenters. The van der Waals surface area contributed by atoms with Crippen molar-refractivity contribution in [3.8, 4) is 0 Å². The van der Waals surface area contributed by atoms with Crippen LogP contribution in [0.5, 0.6) is 0 Å². The summed E-state index contributed by atoms with van der Waals surface area (Å²) in [6, 6.07) is 2.13. The monoisotopic (exact) mass is 328 g/mol. The third-order valence-electron chi connectivity index (χ3n) is 4.91. The van der Waals surface area contributed by atoms with Crippen molar-refractivity contribution >= 4 is 17.0 Å². The lowest BCUT2D eigenvalue weighted by Crippen LogP contribution is -2.45. The summed E-state index contributed by atoms with van der Waals surface area (Å²) in [4.78, 5) is 17.6. The number of rotatable bonds is 4. The Bertz CT molecular complexity index is 758. The van der Waals surface area contributed by atoms with Gasteiger partial charge in [-0.15, -0.1) is 0 Å². The Labute approximate surface area is 141 Å². The van der Waals surface area contributed by atoms with Gasteiger partial charge in [0.25, 0.3) is 11.6 Å². The first-order chi connectivity index (χ1) is 11.6. The van der Waals surface area contributed by atoms with Crippen molar-refractivity contribution in [1.82, 2.24) is 20.8 Å². The van der Waals surface area contributed by atoms with Crippen LogP contribution in [0.2, 0.25) is 0 Å². The lowest BCUT2D eigenvalue weighted by atomic mass is 10.0. The maximum Gasteiger partial charge on any atom is 0.259 e. The Kier molecular flexibility index (Phi) is 4.00. The van der Waals surface area contributed by atoms with Gasteiger partial charge in [-0.25, -0.2) is 4.98 Å². The predicted molar refractivity (Wildman–Crippen MR) is 91.2 cm³/mol. The Morgan fingerprint density at radius 3 is 2.88 bits per heavy atom. The highest BCUT2D eigenvalue weighted by Gasteiger charge is 2.30. The second kappa shape index (κ2) is 6.16. The molecule has 1 aliphatic heterocycles. The van der Waals surface area contributed by atoms with Crippen molar-refractivity contribution < 1.29 is 9.32 Å². The lowest BCUT2D eigenvalue weighted by molar-refractivity contribution is 0.0932. The number of fused-ring (bicyclic) bond motifs is 1. The molecule has 3 heterocycles. The molecule has 2 aliphatic rings. The second-order valence-corrected chi connectivity index (χ2v) is 7.29. The van der Waals surface area contributed by atoms with Gasteiger partial charge in [-0.2, -0.15) is 0 Å². The van der Waals surface area contributed by atoms with Crippen LogP contribution in [0.4, 0.5) is 0 Å². The fourth-order valence-electron chi connectivity index (χ4n) is 3.39. The zero-order valence-electron chi connectivity index (χ0n) is 14.3. The number of pyridine rings is 1. The van der Waals surface area contributed by atoms with Crippen molar-refractivity contribution in [2.75, 3.05) is 13.1 Å². The highest BCUT2D eigenvalue weighted by Crippen LogP contribution is 2.41. The molecule has 1 saturated heterocycles. The number of nitrogens with one attached hydrogen (secondary N) is 2.